The van der Waals surface area contributed by atoms with Gasteiger partial charge in [0, 0.05) is 16.7 Å². The van der Waals surface area contributed by atoms with E-state index in [1.807, 2.05) is 24.3 Å². The Morgan fingerprint density at radius 3 is 2.65 bits per heavy atom. The molecule has 0 aromatic heterocycles. The maximum absolute atomic E-state index is 12.7. The molecule has 0 unspecified atom stereocenters. The number of halogens is 1. The maximum Gasteiger partial charge on any atom is 0.264 e. The van der Waals surface area contributed by atoms with Crippen molar-refractivity contribution in [3.8, 4) is 0 Å². The zero-order valence-electron chi connectivity index (χ0n) is 10.6. The fraction of sp³-hybridized carbons (Fsp3) is 0.143. The molecule has 6 heteroatoms. The van der Waals surface area contributed by atoms with E-state index < -0.39 is 10.0 Å². The van der Waals surface area contributed by atoms with E-state index in [0.717, 1.165) is 17.7 Å². The molecule has 2 N–H and O–H groups in total. The molecule has 104 valence electrons. The smallest absolute Gasteiger partial charge is 0.264 e. The molecule has 4 nitrogen and oxygen atoms in total. The highest BCUT2D eigenvalue weighted by Gasteiger charge is 2.30. The van der Waals surface area contributed by atoms with E-state index >= 15 is 0 Å². The highest BCUT2D eigenvalue weighted by Crippen LogP contribution is 2.33. The molecule has 0 fully saturated rings. The van der Waals surface area contributed by atoms with E-state index in [2.05, 4.69) is 15.9 Å². The molecule has 0 saturated carbocycles. The Labute approximate surface area is 126 Å². The summed E-state index contributed by atoms with van der Waals surface area (Å²) in [7, 11) is -3.54. The van der Waals surface area contributed by atoms with Gasteiger partial charge in [-0.1, -0.05) is 18.2 Å². The van der Waals surface area contributed by atoms with Gasteiger partial charge in [-0.05, 0) is 52.2 Å². The molecule has 0 aliphatic carbocycles. The third-order valence-corrected chi connectivity index (χ3v) is 5.90. The van der Waals surface area contributed by atoms with Crippen molar-refractivity contribution in [3.05, 3.63) is 52.5 Å². The van der Waals surface area contributed by atoms with Crippen molar-refractivity contribution in [2.24, 2.45) is 0 Å². The van der Waals surface area contributed by atoms with E-state index in [4.69, 9.17) is 5.73 Å². The fourth-order valence-electron chi connectivity index (χ4n) is 2.35. The molecule has 0 atom stereocenters. The molecule has 0 amide bonds. The largest absolute Gasteiger partial charge is 0.398 e. The third kappa shape index (κ3) is 2.09. The summed E-state index contributed by atoms with van der Waals surface area (Å²) in [6, 6.07) is 12.3. The summed E-state index contributed by atoms with van der Waals surface area (Å²) in [6.07, 6.45) is 0.742. The van der Waals surface area contributed by atoms with E-state index in [-0.39, 0.29) is 4.90 Å². The summed E-state index contributed by atoms with van der Waals surface area (Å²) in [6.45, 7) is 0.476. The van der Waals surface area contributed by atoms with Crippen LogP contribution in [0.3, 0.4) is 0 Å². The van der Waals surface area contributed by atoms with E-state index in [0.29, 0.717) is 16.7 Å². The predicted molar refractivity (Wildman–Crippen MR) is 83.2 cm³/mol. The number of fused-ring (bicyclic) bond motifs is 1. The first-order valence-corrected chi connectivity index (χ1v) is 8.39. The zero-order chi connectivity index (χ0) is 14.3. The standard InChI is InChI=1S/C14H13BrN2O2S/c15-12-9-11(5-6-13(12)16)20(18,19)17-8-7-10-3-1-2-4-14(10)17/h1-6,9H,7-8,16H2. The van der Waals surface area contributed by atoms with Gasteiger partial charge in [-0.3, -0.25) is 4.31 Å². The fourth-order valence-corrected chi connectivity index (χ4v) is 4.41. The van der Waals surface area contributed by atoms with Crippen molar-refractivity contribution in [2.45, 2.75) is 11.3 Å². The maximum atomic E-state index is 12.7. The molecule has 1 aliphatic rings. The first-order valence-electron chi connectivity index (χ1n) is 6.16. The summed E-state index contributed by atoms with van der Waals surface area (Å²) in [5, 5.41) is 0. The highest BCUT2D eigenvalue weighted by atomic mass is 79.9. The van der Waals surface area contributed by atoms with Gasteiger partial charge in [-0.2, -0.15) is 0 Å². The Kier molecular flexibility index (Phi) is 3.22. The number of anilines is 2. The lowest BCUT2D eigenvalue weighted by Crippen LogP contribution is -2.29. The van der Waals surface area contributed by atoms with Crippen LogP contribution in [-0.2, 0) is 16.4 Å². The van der Waals surface area contributed by atoms with Crippen molar-refractivity contribution in [1.29, 1.82) is 0 Å². The van der Waals surface area contributed by atoms with Crippen LogP contribution in [0.2, 0.25) is 0 Å². The third-order valence-electron chi connectivity index (χ3n) is 3.40. The minimum atomic E-state index is -3.54. The molecule has 0 spiro atoms. The van der Waals surface area contributed by atoms with Crippen molar-refractivity contribution in [2.75, 3.05) is 16.6 Å². The number of hydrogen-bond acceptors (Lipinski definition) is 3. The minimum absolute atomic E-state index is 0.246. The molecule has 0 saturated heterocycles. The molecule has 20 heavy (non-hydrogen) atoms. The SMILES string of the molecule is Nc1ccc(S(=O)(=O)N2CCc3ccccc32)cc1Br. The average molecular weight is 353 g/mol. The second-order valence-corrected chi connectivity index (χ2v) is 7.36. The van der Waals surface area contributed by atoms with Gasteiger partial charge in [0.1, 0.15) is 0 Å². The number of nitrogens with zero attached hydrogens (tertiary/aromatic N) is 1. The van der Waals surface area contributed by atoms with Crippen molar-refractivity contribution < 1.29 is 8.42 Å². The van der Waals surface area contributed by atoms with Gasteiger partial charge in [0.2, 0.25) is 0 Å². The monoisotopic (exact) mass is 352 g/mol. The number of nitrogen functional groups attached to an aromatic ring is 1. The number of benzene rings is 2. The van der Waals surface area contributed by atoms with E-state index in [9.17, 15) is 8.42 Å². The second kappa shape index (κ2) is 4.79. The minimum Gasteiger partial charge on any atom is -0.398 e. The summed E-state index contributed by atoms with van der Waals surface area (Å²) in [5.74, 6) is 0. The number of hydrogen-bond donors (Lipinski definition) is 1. The first-order chi connectivity index (χ1) is 9.50. The summed E-state index contributed by atoms with van der Waals surface area (Å²) >= 11 is 3.27. The van der Waals surface area contributed by atoms with Gasteiger partial charge >= 0.3 is 0 Å². The van der Waals surface area contributed by atoms with Crippen LogP contribution in [0.4, 0.5) is 11.4 Å². The Balaban J connectivity index is 2.07. The van der Waals surface area contributed by atoms with Crippen LogP contribution in [0.5, 0.6) is 0 Å². The van der Waals surface area contributed by atoms with Gasteiger partial charge < -0.3 is 5.73 Å². The Morgan fingerprint density at radius 1 is 1.15 bits per heavy atom. The van der Waals surface area contributed by atoms with Crippen LogP contribution in [0, 0.1) is 0 Å². The quantitative estimate of drug-likeness (QED) is 0.845. The molecule has 2 aromatic carbocycles. The molecule has 1 heterocycles. The predicted octanol–water partition coefficient (Wildman–Crippen LogP) is 2.78. The van der Waals surface area contributed by atoms with Crippen LogP contribution in [-0.4, -0.2) is 15.0 Å². The van der Waals surface area contributed by atoms with Crippen LogP contribution in [0.15, 0.2) is 51.8 Å². The van der Waals surface area contributed by atoms with E-state index in [1.54, 1.807) is 12.1 Å². The molecular weight excluding hydrogens is 340 g/mol. The number of rotatable bonds is 2. The second-order valence-electron chi connectivity index (χ2n) is 4.64. The van der Waals surface area contributed by atoms with Crippen molar-refractivity contribution >= 4 is 37.3 Å². The van der Waals surface area contributed by atoms with E-state index in [1.165, 1.54) is 10.4 Å². The number of sulfonamides is 1. The Morgan fingerprint density at radius 2 is 1.90 bits per heavy atom. The van der Waals surface area contributed by atoms with Gasteiger partial charge in [-0.15, -0.1) is 0 Å². The average Bonchev–Trinajstić information content (AvgIpc) is 2.86. The lowest BCUT2D eigenvalue weighted by atomic mass is 10.2. The number of para-hydroxylation sites is 1. The zero-order valence-corrected chi connectivity index (χ0v) is 13.0. The lowest BCUT2D eigenvalue weighted by molar-refractivity contribution is 0.592. The lowest BCUT2D eigenvalue weighted by Gasteiger charge is -2.19. The van der Waals surface area contributed by atoms with Crippen LogP contribution < -0.4 is 10.0 Å². The van der Waals surface area contributed by atoms with Gasteiger partial charge in [0.15, 0.2) is 0 Å². The van der Waals surface area contributed by atoms with Gasteiger partial charge in [0.25, 0.3) is 10.0 Å². The van der Waals surface area contributed by atoms with Crippen LogP contribution in [0.25, 0.3) is 0 Å². The summed E-state index contributed by atoms with van der Waals surface area (Å²) < 4.78 is 27.5. The molecule has 0 radical (unpaired) electrons. The van der Waals surface area contributed by atoms with Crippen LogP contribution in [0.1, 0.15) is 5.56 Å². The molecule has 0 bridgehead atoms. The molecular formula is C14H13BrN2O2S. The van der Waals surface area contributed by atoms with Crippen molar-refractivity contribution in [3.63, 3.8) is 0 Å². The normalized spacial score (nSPS) is 14.3. The Hall–Kier alpha value is -1.53. The topological polar surface area (TPSA) is 63.4 Å². The molecule has 1 aliphatic heterocycles. The first kappa shape index (κ1) is 13.5. The number of nitrogens with two attached hydrogens (primary N) is 1. The van der Waals surface area contributed by atoms with Gasteiger partial charge in [-0.25, -0.2) is 8.42 Å². The Bertz CT molecular complexity index is 774. The van der Waals surface area contributed by atoms with Gasteiger partial charge in [0.05, 0.1) is 10.6 Å². The summed E-state index contributed by atoms with van der Waals surface area (Å²) in [5.41, 5.74) is 8.05. The van der Waals surface area contributed by atoms with Crippen molar-refractivity contribution in [1.82, 2.24) is 0 Å². The van der Waals surface area contributed by atoms with Crippen LogP contribution >= 0.6 is 15.9 Å². The summed E-state index contributed by atoms with van der Waals surface area (Å²) in [4.78, 5) is 0.246. The molecule has 3 rings (SSSR count). The highest BCUT2D eigenvalue weighted by molar-refractivity contribution is 9.10. The molecule has 2 aromatic rings.